The summed E-state index contributed by atoms with van der Waals surface area (Å²) in [6, 6.07) is 15.9. The maximum Gasteiger partial charge on any atom is 0.118 e. The highest BCUT2D eigenvalue weighted by Gasteiger charge is 2.24. The van der Waals surface area contributed by atoms with Crippen LogP contribution in [0.1, 0.15) is 11.1 Å². The van der Waals surface area contributed by atoms with Gasteiger partial charge in [-0.2, -0.15) is 0 Å². The van der Waals surface area contributed by atoms with Gasteiger partial charge in [-0.1, -0.05) is 24.3 Å². The second kappa shape index (κ2) is 7.29. The van der Waals surface area contributed by atoms with Crippen molar-refractivity contribution in [2.45, 2.75) is 18.4 Å². The predicted molar refractivity (Wildman–Crippen MR) is 89.4 cm³/mol. The Balaban J connectivity index is 2.09. The van der Waals surface area contributed by atoms with Crippen LogP contribution in [-0.2, 0) is 12.8 Å². The van der Waals surface area contributed by atoms with Gasteiger partial charge in [0.1, 0.15) is 11.5 Å². The zero-order valence-corrected chi connectivity index (χ0v) is 13.2. The second-order valence-electron chi connectivity index (χ2n) is 5.62. The molecule has 0 aliphatic rings. The summed E-state index contributed by atoms with van der Waals surface area (Å²) in [5, 5.41) is 0. The summed E-state index contributed by atoms with van der Waals surface area (Å²) in [5.41, 5.74) is 14.3. The number of hydrogen-bond donors (Lipinski definition) is 2. The van der Waals surface area contributed by atoms with Gasteiger partial charge in [0, 0.05) is 12.1 Å². The Hall–Kier alpha value is -2.04. The maximum absolute atomic E-state index is 6.51. The van der Waals surface area contributed by atoms with Crippen LogP contribution >= 0.6 is 0 Å². The predicted octanol–water partition coefficient (Wildman–Crippen LogP) is 2.15. The summed E-state index contributed by atoms with van der Waals surface area (Å²) in [6.45, 7) is 0.422. The van der Waals surface area contributed by atoms with Gasteiger partial charge < -0.3 is 20.9 Å². The molecule has 0 saturated carbocycles. The molecule has 0 radical (unpaired) electrons. The van der Waals surface area contributed by atoms with Crippen LogP contribution in [0, 0.1) is 0 Å². The molecule has 0 heterocycles. The molecule has 4 heteroatoms. The lowest BCUT2D eigenvalue weighted by molar-refractivity contribution is 0.411. The van der Waals surface area contributed by atoms with Crippen LogP contribution in [0.25, 0.3) is 0 Å². The van der Waals surface area contributed by atoms with Crippen molar-refractivity contribution in [1.82, 2.24) is 0 Å². The van der Waals surface area contributed by atoms with Gasteiger partial charge in [0.05, 0.1) is 14.2 Å². The van der Waals surface area contributed by atoms with Gasteiger partial charge in [0.25, 0.3) is 0 Å². The summed E-state index contributed by atoms with van der Waals surface area (Å²) in [5.74, 6) is 1.68. The Bertz CT molecular complexity index is 530. The molecule has 22 heavy (non-hydrogen) atoms. The molecular formula is C18H24N2O2. The van der Waals surface area contributed by atoms with Gasteiger partial charge in [0.15, 0.2) is 0 Å². The first kappa shape index (κ1) is 16.3. The summed E-state index contributed by atoms with van der Waals surface area (Å²) < 4.78 is 10.4. The minimum Gasteiger partial charge on any atom is -0.497 e. The zero-order valence-electron chi connectivity index (χ0n) is 13.2. The van der Waals surface area contributed by atoms with Crippen LogP contribution in [-0.4, -0.2) is 26.3 Å². The van der Waals surface area contributed by atoms with Gasteiger partial charge in [-0.25, -0.2) is 0 Å². The molecule has 2 rings (SSSR count). The van der Waals surface area contributed by atoms with E-state index in [0.717, 1.165) is 35.5 Å². The van der Waals surface area contributed by atoms with E-state index in [2.05, 4.69) is 0 Å². The van der Waals surface area contributed by atoms with Crippen molar-refractivity contribution in [2.75, 3.05) is 20.8 Å². The van der Waals surface area contributed by atoms with Gasteiger partial charge in [-0.05, 0) is 48.2 Å². The minimum atomic E-state index is -0.469. The fourth-order valence-corrected chi connectivity index (χ4v) is 2.51. The smallest absolute Gasteiger partial charge is 0.118 e. The molecule has 0 spiro atoms. The largest absolute Gasteiger partial charge is 0.497 e. The van der Waals surface area contributed by atoms with E-state index in [1.54, 1.807) is 14.2 Å². The average Bonchev–Trinajstić information content (AvgIpc) is 2.56. The van der Waals surface area contributed by atoms with Crippen LogP contribution in [0.15, 0.2) is 48.5 Å². The van der Waals surface area contributed by atoms with Crippen LogP contribution in [0.3, 0.4) is 0 Å². The molecule has 2 aromatic carbocycles. The van der Waals surface area contributed by atoms with Crippen molar-refractivity contribution in [2.24, 2.45) is 11.5 Å². The van der Waals surface area contributed by atoms with Crippen molar-refractivity contribution >= 4 is 0 Å². The molecule has 0 bridgehead atoms. The number of hydrogen-bond acceptors (Lipinski definition) is 4. The lowest BCUT2D eigenvalue weighted by Crippen LogP contribution is -2.50. The molecule has 4 nitrogen and oxygen atoms in total. The fourth-order valence-electron chi connectivity index (χ4n) is 2.51. The summed E-state index contributed by atoms with van der Waals surface area (Å²) in [7, 11) is 3.32. The van der Waals surface area contributed by atoms with Crippen LogP contribution < -0.4 is 20.9 Å². The van der Waals surface area contributed by atoms with Gasteiger partial charge in [-0.3, -0.25) is 0 Å². The standard InChI is InChI=1S/C18H24N2O2/c1-21-16-7-3-14(4-8-16)11-18(20,13-19)12-15-5-9-17(22-2)10-6-15/h3-10H,11-13,19-20H2,1-2H3. The highest BCUT2D eigenvalue weighted by atomic mass is 16.5. The van der Waals surface area contributed by atoms with Crippen LogP contribution in [0.2, 0.25) is 0 Å². The first-order chi connectivity index (χ1) is 10.6. The highest BCUT2D eigenvalue weighted by Crippen LogP contribution is 2.20. The second-order valence-corrected chi connectivity index (χ2v) is 5.62. The fraction of sp³-hybridized carbons (Fsp3) is 0.333. The van der Waals surface area contributed by atoms with Crippen molar-refractivity contribution in [3.05, 3.63) is 59.7 Å². The highest BCUT2D eigenvalue weighted by molar-refractivity contribution is 5.31. The molecule has 118 valence electrons. The third-order valence-electron chi connectivity index (χ3n) is 3.84. The van der Waals surface area contributed by atoms with Gasteiger partial charge >= 0.3 is 0 Å². The minimum absolute atomic E-state index is 0.422. The molecule has 4 N–H and O–H groups in total. The molecule has 0 amide bonds. The molecule has 0 saturated heterocycles. The number of ether oxygens (including phenoxy) is 2. The van der Waals surface area contributed by atoms with E-state index in [9.17, 15) is 0 Å². The topological polar surface area (TPSA) is 70.5 Å². The quantitative estimate of drug-likeness (QED) is 0.822. The third kappa shape index (κ3) is 4.23. The molecule has 0 atom stereocenters. The van der Waals surface area contributed by atoms with E-state index in [4.69, 9.17) is 20.9 Å². The molecule has 2 aromatic rings. The monoisotopic (exact) mass is 300 g/mol. The first-order valence-electron chi connectivity index (χ1n) is 7.33. The molecule has 0 aromatic heterocycles. The van der Waals surface area contributed by atoms with E-state index in [-0.39, 0.29) is 0 Å². The molecule has 0 unspecified atom stereocenters. The first-order valence-corrected chi connectivity index (χ1v) is 7.33. The van der Waals surface area contributed by atoms with Crippen molar-refractivity contribution in [3.8, 4) is 11.5 Å². The molecule has 0 aliphatic carbocycles. The van der Waals surface area contributed by atoms with Crippen molar-refractivity contribution in [3.63, 3.8) is 0 Å². The Morgan fingerprint density at radius 1 is 0.773 bits per heavy atom. The summed E-state index contributed by atoms with van der Waals surface area (Å²) >= 11 is 0. The average molecular weight is 300 g/mol. The van der Waals surface area contributed by atoms with E-state index in [1.807, 2.05) is 48.5 Å². The Labute approximate surface area is 132 Å². The van der Waals surface area contributed by atoms with E-state index in [1.165, 1.54) is 0 Å². The summed E-state index contributed by atoms with van der Waals surface area (Å²) in [4.78, 5) is 0. The molecule has 0 aliphatic heterocycles. The maximum atomic E-state index is 6.51. The zero-order chi connectivity index (χ0) is 16.0. The molecule has 0 fully saturated rings. The normalized spacial score (nSPS) is 11.3. The lowest BCUT2D eigenvalue weighted by atomic mass is 9.85. The number of benzene rings is 2. The summed E-state index contributed by atoms with van der Waals surface area (Å²) in [6.07, 6.45) is 1.44. The van der Waals surface area contributed by atoms with E-state index < -0.39 is 5.54 Å². The van der Waals surface area contributed by atoms with E-state index >= 15 is 0 Å². The van der Waals surface area contributed by atoms with Gasteiger partial charge in [-0.15, -0.1) is 0 Å². The SMILES string of the molecule is COc1ccc(CC(N)(CN)Cc2ccc(OC)cc2)cc1. The van der Waals surface area contributed by atoms with Gasteiger partial charge in [0.2, 0.25) is 0 Å². The van der Waals surface area contributed by atoms with Crippen LogP contribution in [0.4, 0.5) is 0 Å². The van der Waals surface area contributed by atoms with Crippen molar-refractivity contribution in [1.29, 1.82) is 0 Å². The number of rotatable bonds is 7. The Morgan fingerprint density at radius 2 is 1.14 bits per heavy atom. The molecular weight excluding hydrogens is 276 g/mol. The third-order valence-corrected chi connectivity index (χ3v) is 3.84. The Morgan fingerprint density at radius 3 is 1.41 bits per heavy atom. The van der Waals surface area contributed by atoms with Crippen molar-refractivity contribution < 1.29 is 9.47 Å². The van der Waals surface area contributed by atoms with Crippen LogP contribution in [0.5, 0.6) is 11.5 Å². The van der Waals surface area contributed by atoms with E-state index in [0.29, 0.717) is 6.54 Å². The lowest BCUT2D eigenvalue weighted by Gasteiger charge is -2.28. The number of nitrogens with two attached hydrogens (primary N) is 2. The Kier molecular flexibility index (Phi) is 5.41. The number of methoxy groups -OCH3 is 2.